The molecule has 0 fully saturated rings. The summed E-state index contributed by atoms with van der Waals surface area (Å²) in [6, 6.07) is -0.251. The van der Waals surface area contributed by atoms with Gasteiger partial charge in [0.25, 0.3) is 5.91 Å². The van der Waals surface area contributed by atoms with Crippen LogP contribution in [0.1, 0.15) is 58.0 Å². The zero-order valence-corrected chi connectivity index (χ0v) is 13.4. The summed E-state index contributed by atoms with van der Waals surface area (Å²) in [5.74, 6) is 0.316. The van der Waals surface area contributed by atoms with Crippen LogP contribution in [0.25, 0.3) is 4.96 Å². The second kappa shape index (κ2) is 5.34. The maximum Gasteiger partial charge on any atom is 0.255 e. The number of ketones is 1. The van der Waals surface area contributed by atoms with Crippen molar-refractivity contribution < 1.29 is 14.0 Å². The molecular weight excluding hydrogens is 314 g/mol. The number of nitrogens with one attached hydrogen (secondary N) is 1. The van der Waals surface area contributed by atoms with Gasteiger partial charge in [-0.15, -0.1) is 11.3 Å². The average Bonchev–Trinajstić information content (AvgIpc) is 3.21. The lowest BCUT2D eigenvalue weighted by atomic mass is 9.94. The van der Waals surface area contributed by atoms with Crippen LogP contribution >= 0.6 is 11.3 Å². The van der Waals surface area contributed by atoms with E-state index in [0.29, 0.717) is 29.7 Å². The predicted molar refractivity (Wildman–Crippen MR) is 84.9 cm³/mol. The molecule has 0 bridgehead atoms. The molecule has 6 nitrogen and oxygen atoms in total. The summed E-state index contributed by atoms with van der Waals surface area (Å²) >= 11 is 1.54. The second-order valence-electron chi connectivity index (χ2n) is 5.68. The number of carbonyl (C=O) groups excluding carboxylic acids is 2. The van der Waals surface area contributed by atoms with Crippen LogP contribution in [-0.4, -0.2) is 21.1 Å². The quantitative estimate of drug-likeness (QED) is 0.801. The molecule has 7 heteroatoms. The maximum atomic E-state index is 12.5. The van der Waals surface area contributed by atoms with E-state index in [1.165, 1.54) is 6.26 Å². The lowest BCUT2D eigenvalue weighted by Crippen LogP contribution is -2.28. The third kappa shape index (κ3) is 2.37. The third-order valence-electron chi connectivity index (χ3n) is 4.10. The number of nitrogens with zero attached hydrogens (tertiary/aromatic N) is 2. The molecule has 3 heterocycles. The standard InChI is InChI=1S/C16H15N3O3S/c1-9(11-7-19-5-6-23-16(19)18-11)17-15(21)10-8-22-13-4-2-3-12(20)14(10)13/h5-9H,2-4H2,1H3,(H,17,21). The minimum atomic E-state index is -0.297. The molecule has 0 aliphatic heterocycles. The van der Waals surface area contributed by atoms with Crippen LogP contribution < -0.4 is 5.32 Å². The van der Waals surface area contributed by atoms with Gasteiger partial charge in [-0.3, -0.25) is 14.0 Å². The number of aromatic nitrogens is 2. The Hall–Kier alpha value is -2.41. The minimum absolute atomic E-state index is 0.0136. The van der Waals surface area contributed by atoms with E-state index in [4.69, 9.17) is 4.42 Å². The molecule has 1 aliphatic carbocycles. The molecule has 0 spiro atoms. The van der Waals surface area contributed by atoms with Crippen molar-refractivity contribution in [2.75, 3.05) is 0 Å². The molecule has 118 valence electrons. The molecule has 1 atom stereocenters. The number of furan rings is 1. The van der Waals surface area contributed by atoms with Crippen molar-refractivity contribution in [1.82, 2.24) is 14.7 Å². The molecule has 0 aromatic carbocycles. The van der Waals surface area contributed by atoms with Gasteiger partial charge < -0.3 is 9.73 Å². The van der Waals surface area contributed by atoms with Gasteiger partial charge >= 0.3 is 0 Å². The normalized spacial score (nSPS) is 15.6. The number of aryl methyl sites for hydroxylation is 1. The van der Waals surface area contributed by atoms with E-state index in [2.05, 4.69) is 10.3 Å². The van der Waals surface area contributed by atoms with E-state index in [0.717, 1.165) is 17.1 Å². The number of imidazole rings is 1. The molecular formula is C16H15N3O3S. The van der Waals surface area contributed by atoms with Crippen molar-refractivity contribution >= 4 is 28.0 Å². The first-order valence-corrected chi connectivity index (χ1v) is 8.38. The minimum Gasteiger partial charge on any atom is -0.468 e. The number of Topliss-reactive ketones (excluding diaryl/α,β-unsaturated/α-hetero) is 1. The molecule has 0 radical (unpaired) electrons. The van der Waals surface area contributed by atoms with E-state index in [-0.39, 0.29) is 17.7 Å². The summed E-state index contributed by atoms with van der Waals surface area (Å²) in [5.41, 5.74) is 1.57. The zero-order chi connectivity index (χ0) is 16.0. The Labute approximate surface area is 136 Å². The van der Waals surface area contributed by atoms with E-state index >= 15 is 0 Å². The van der Waals surface area contributed by atoms with Gasteiger partial charge in [-0.25, -0.2) is 4.98 Å². The summed E-state index contributed by atoms with van der Waals surface area (Å²) in [4.78, 5) is 29.9. The third-order valence-corrected chi connectivity index (χ3v) is 4.87. The van der Waals surface area contributed by atoms with Crippen LogP contribution in [0.5, 0.6) is 0 Å². The summed E-state index contributed by atoms with van der Waals surface area (Å²) < 4.78 is 7.32. The lowest BCUT2D eigenvalue weighted by Gasteiger charge is -2.13. The molecule has 3 aromatic heterocycles. The fourth-order valence-corrected chi connectivity index (χ4v) is 3.60. The van der Waals surface area contributed by atoms with Gasteiger partial charge in [0, 0.05) is 30.6 Å². The smallest absolute Gasteiger partial charge is 0.255 e. The highest BCUT2D eigenvalue weighted by molar-refractivity contribution is 7.15. The summed E-state index contributed by atoms with van der Waals surface area (Å²) in [5, 5.41) is 4.85. The Morgan fingerprint density at radius 2 is 2.35 bits per heavy atom. The SMILES string of the molecule is CC(NC(=O)c1coc2c1C(=O)CCC2)c1cn2ccsc2n1. The molecule has 0 saturated carbocycles. The van der Waals surface area contributed by atoms with Gasteiger partial charge in [-0.1, -0.05) is 0 Å². The highest BCUT2D eigenvalue weighted by atomic mass is 32.1. The van der Waals surface area contributed by atoms with E-state index in [1.807, 2.05) is 29.1 Å². The van der Waals surface area contributed by atoms with Crippen LogP contribution in [-0.2, 0) is 6.42 Å². The maximum absolute atomic E-state index is 12.5. The van der Waals surface area contributed by atoms with Crippen LogP contribution in [0.4, 0.5) is 0 Å². The summed E-state index contributed by atoms with van der Waals surface area (Å²) in [6.45, 7) is 1.87. The molecule has 1 amide bonds. The van der Waals surface area contributed by atoms with Crippen molar-refractivity contribution in [3.63, 3.8) is 0 Å². The van der Waals surface area contributed by atoms with Crippen LogP contribution in [0.2, 0.25) is 0 Å². The van der Waals surface area contributed by atoms with E-state index in [9.17, 15) is 9.59 Å². The predicted octanol–water partition coefficient (Wildman–Crippen LogP) is 3.00. The number of thiazole rings is 1. The number of hydrogen-bond donors (Lipinski definition) is 1. The first-order valence-electron chi connectivity index (χ1n) is 7.50. The second-order valence-corrected chi connectivity index (χ2v) is 6.55. The van der Waals surface area contributed by atoms with E-state index in [1.54, 1.807) is 11.3 Å². The molecule has 23 heavy (non-hydrogen) atoms. The number of rotatable bonds is 3. The number of carbonyl (C=O) groups is 2. The Balaban J connectivity index is 1.57. The highest BCUT2D eigenvalue weighted by Crippen LogP contribution is 2.27. The first kappa shape index (κ1) is 14.2. The first-order chi connectivity index (χ1) is 11.1. The number of fused-ring (bicyclic) bond motifs is 2. The fourth-order valence-electron chi connectivity index (χ4n) is 2.89. The van der Waals surface area contributed by atoms with Gasteiger partial charge in [0.05, 0.1) is 22.9 Å². The van der Waals surface area contributed by atoms with Crippen molar-refractivity contribution in [1.29, 1.82) is 0 Å². The molecule has 4 rings (SSSR count). The van der Waals surface area contributed by atoms with Gasteiger partial charge in [0.1, 0.15) is 12.0 Å². The van der Waals surface area contributed by atoms with Gasteiger partial charge in [-0.2, -0.15) is 0 Å². The van der Waals surface area contributed by atoms with Crippen molar-refractivity contribution in [3.8, 4) is 0 Å². The lowest BCUT2D eigenvalue weighted by molar-refractivity contribution is 0.0918. The van der Waals surface area contributed by atoms with Crippen molar-refractivity contribution in [3.05, 3.63) is 46.6 Å². The average molecular weight is 329 g/mol. The van der Waals surface area contributed by atoms with Crippen molar-refractivity contribution in [2.24, 2.45) is 0 Å². The van der Waals surface area contributed by atoms with Gasteiger partial charge in [0.2, 0.25) is 0 Å². The van der Waals surface area contributed by atoms with Crippen LogP contribution in [0.15, 0.2) is 28.5 Å². The monoisotopic (exact) mass is 329 g/mol. The Morgan fingerprint density at radius 1 is 1.48 bits per heavy atom. The Bertz CT molecular complexity index is 876. The van der Waals surface area contributed by atoms with E-state index < -0.39 is 0 Å². The number of amides is 1. The molecule has 1 unspecified atom stereocenters. The summed E-state index contributed by atoms with van der Waals surface area (Å²) in [6.07, 6.45) is 7.17. The van der Waals surface area contributed by atoms with Crippen LogP contribution in [0, 0.1) is 0 Å². The van der Waals surface area contributed by atoms with Gasteiger partial charge in [-0.05, 0) is 13.3 Å². The molecule has 0 saturated heterocycles. The largest absolute Gasteiger partial charge is 0.468 e. The topological polar surface area (TPSA) is 76.6 Å². The fraction of sp³-hybridized carbons (Fsp3) is 0.312. The van der Waals surface area contributed by atoms with Gasteiger partial charge in [0.15, 0.2) is 10.7 Å². The molecule has 3 aromatic rings. The number of hydrogen-bond acceptors (Lipinski definition) is 5. The van der Waals surface area contributed by atoms with Crippen LogP contribution in [0.3, 0.4) is 0 Å². The Morgan fingerprint density at radius 3 is 3.17 bits per heavy atom. The molecule has 1 N–H and O–H groups in total. The Kier molecular flexibility index (Phi) is 3.30. The van der Waals surface area contributed by atoms with Crippen molar-refractivity contribution in [2.45, 2.75) is 32.2 Å². The molecule has 1 aliphatic rings. The summed E-state index contributed by atoms with van der Waals surface area (Å²) in [7, 11) is 0. The zero-order valence-electron chi connectivity index (χ0n) is 12.5. The highest BCUT2D eigenvalue weighted by Gasteiger charge is 2.28.